The Bertz CT molecular complexity index is 429. The Morgan fingerprint density at radius 3 is 2.40 bits per heavy atom. The fraction of sp³-hybridized carbons (Fsp3) is 0.769. The van der Waals surface area contributed by atoms with Crippen LogP contribution in [0.15, 0.2) is 0 Å². The Labute approximate surface area is 118 Å². The van der Waals surface area contributed by atoms with Gasteiger partial charge in [0.05, 0.1) is 13.2 Å². The van der Waals surface area contributed by atoms with Crippen LogP contribution in [-0.4, -0.2) is 65.5 Å². The lowest BCUT2D eigenvalue weighted by atomic mass is 10.0. The van der Waals surface area contributed by atoms with Gasteiger partial charge >= 0.3 is 6.03 Å². The van der Waals surface area contributed by atoms with E-state index in [1.807, 2.05) is 0 Å². The minimum absolute atomic E-state index is 0.183. The summed E-state index contributed by atoms with van der Waals surface area (Å²) in [4.78, 5) is 39.5. The van der Waals surface area contributed by atoms with E-state index in [2.05, 4.69) is 5.32 Å². The average Bonchev–Trinajstić information content (AvgIpc) is 2.62. The van der Waals surface area contributed by atoms with E-state index < -0.39 is 17.6 Å². The maximum Gasteiger partial charge on any atom is 0.325 e. The molecular weight excluding hydrogens is 262 g/mol. The topological polar surface area (TPSA) is 79.0 Å². The molecule has 1 atom stereocenters. The molecule has 0 bridgehead atoms. The van der Waals surface area contributed by atoms with Crippen molar-refractivity contribution in [1.82, 2.24) is 15.1 Å². The number of rotatable bonds is 3. The zero-order chi connectivity index (χ0) is 14.9. The van der Waals surface area contributed by atoms with Crippen molar-refractivity contribution in [2.75, 3.05) is 26.3 Å². The molecule has 0 radical (unpaired) electrons. The van der Waals surface area contributed by atoms with E-state index in [9.17, 15) is 14.4 Å². The molecule has 7 heteroatoms. The molecule has 20 heavy (non-hydrogen) atoms. The van der Waals surface area contributed by atoms with Crippen molar-refractivity contribution >= 4 is 17.8 Å². The van der Waals surface area contributed by atoms with Crippen molar-refractivity contribution < 1.29 is 19.1 Å². The first kappa shape index (κ1) is 14.8. The van der Waals surface area contributed by atoms with Gasteiger partial charge in [-0.25, -0.2) is 9.69 Å². The monoisotopic (exact) mass is 283 g/mol. The maximum absolute atomic E-state index is 12.5. The normalized spacial score (nSPS) is 23.8. The Balaban J connectivity index is 2.17. The second-order valence-corrected chi connectivity index (χ2v) is 5.59. The van der Waals surface area contributed by atoms with Crippen LogP contribution in [-0.2, 0) is 14.3 Å². The lowest BCUT2D eigenvalue weighted by Crippen LogP contribution is -2.54. The van der Waals surface area contributed by atoms with Crippen molar-refractivity contribution in [2.45, 2.75) is 38.8 Å². The van der Waals surface area contributed by atoms with E-state index >= 15 is 0 Å². The van der Waals surface area contributed by atoms with Crippen LogP contribution in [0.5, 0.6) is 0 Å². The van der Waals surface area contributed by atoms with E-state index in [-0.39, 0.29) is 11.8 Å². The molecule has 1 unspecified atom stereocenters. The van der Waals surface area contributed by atoms with Crippen LogP contribution in [0.3, 0.4) is 0 Å². The van der Waals surface area contributed by atoms with Gasteiger partial charge in [0.25, 0.3) is 5.91 Å². The summed E-state index contributed by atoms with van der Waals surface area (Å²) in [6, 6.07) is -1.23. The zero-order valence-corrected chi connectivity index (χ0v) is 12.1. The number of carbonyl (C=O) groups excluding carboxylic acids is 3. The van der Waals surface area contributed by atoms with E-state index in [0.29, 0.717) is 32.7 Å². The number of ether oxygens (including phenoxy) is 1. The lowest BCUT2D eigenvalue weighted by molar-refractivity contribution is -0.145. The summed E-state index contributed by atoms with van der Waals surface area (Å²) in [5.41, 5.74) is -0.949. The Hall–Kier alpha value is -1.63. The molecule has 2 aliphatic heterocycles. The van der Waals surface area contributed by atoms with Gasteiger partial charge in [0.15, 0.2) is 0 Å². The maximum atomic E-state index is 12.5. The second-order valence-electron chi connectivity index (χ2n) is 5.59. The molecule has 7 nitrogen and oxygen atoms in total. The third-order valence-corrected chi connectivity index (χ3v) is 3.70. The largest absolute Gasteiger partial charge is 0.378 e. The van der Waals surface area contributed by atoms with E-state index in [4.69, 9.17) is 4.74 Å². The SMILES string of the molecule is CCC(C(=O)N1CCOCC1)N1C(=O)NC(C)(C)C1=O. The van der Waals surface area contributed by atoms with Gasteiger partial charge in [-0.05, 0) is 20.3 Å². The summed E-state index contributed by atoms with van der Waals surface area (Å²) < 4.78 is 5.21. The molecule has 0 aromatic rings. The van der Waals surface area contributed by atoms with Crippen LogP contribution in [0.1, 0.15) is 27.2 Å². The second kappa shape index (κ2) is 5.40. The Kier molecular flexibility index (Phi) is 3.99. The van der Waals surface area contributed by atoms with Gasteiger partial charge < -0.3 is 15.0 Å². The van der Waals surface area contributed by atoms with Crippen molar-refractivity contribution in [2.24, 2.45) is 0 Å². The van der Waals surface area contributed by atoms with Crippen LogP contribution in [0, 0.1) is 0 Å². The molecule has 1 N–H and O–H groups in total. The Morgan fingerprint density at radius 1 is 1.35 bits per heavy atom. The third-order valence-electron chi connectivity index (χ3n) is 3.70. The van der Waals surface area contributed by atoms with E-state index in [1.54, 1.807) is 25.7 Å². The molecule has 0 aliphatic carbocycles. The highest BCUT2D eigenvalue weighted by Gasteiger charge is 2.49. The molecular formula is C13H21N3O4. The number of morpholine rings is 1. The summed E-state index contributed by atoms with van der Waals surface area (Å²) in [5.74, 6) is -0.534. The van der Waals surface area contributed by atoms with Gasteiger partial charge in [0, 0.05) is 13.1 Å². The number of hydrogen-bond donors (Lipinski definition) is 1. The quantitative estimate of drug-likeness (QED) is 0.737. The molecule has 2 aliphatic rings. The fourth-order valence-electron chi connectivity index (χ4n) is 2.52. The highest BCUT2D eigenvalue weighted by atomic mass is 16.5. The zero-order valence-electron chi connectivity index (χ0n) is 12.1. The van der Waals surface area contributed by atoms with E-state index in [0.717, 1.165) is 4.90 Å². The third kappa shape index (κ3) is 2.49. The first-order chi connectivity index (χ1) is 9.38. The average molecular weight is 283 g/mol. The molecule has 2 saturated heterocycles. The van der Waals surface area contributed by atoms with Crippen molar-refractivity contribution in [3.05, 3.63) is 0 Å². The van der Waals surface area contributed by atoms with Crippen LogP contribution in [0.4, 0.5) is 4.79 Å². The number of imide groups is 1. The van der Waals surface area contributed by atoms with Gasteiger partial charge in [0.1, 0.15) is 11.6 Å². The van der Waals surface area contributed by atoms with Crippen LogP contribution in [0.2, 0.25) is 0 Å². The minimum atomic E-state index is -0.949. The standard InChI is InChI=1S/C13H21N3O4/c1-4-9(10(17)15-5-7-20-8-6-15)16-11(18)13(2,3)14-12(16)19/h9H,4-8H2,1-3H3,(H,14,19). The molecule has 0 aromatic heterocycles. The molecule has 4 amide bonds. The van der Waals surface area contributed by atoms with Crippen LogP contribution < -0.4 is 5.32 Å². The first-order valence-electron chi connectivity index (χ1n) is 6.91. The highest BCUT2D eigenvalue weighted by Crippen LogP contribution is 2.22. The van der Waals surface area contributed by atoms with Gasteiger partial charge in [-0.2, -0.15) is 0 Å². The molecule has 0 aromatic carbocycles. The molecule has 112 valence electrons. The van der Waals surface area contributed by atoms with Crippen LogP contribution >= 0.6 is 0 Å². The number of urea groups is 1. The molecule has 0 saturated carbocycles. The predicted octanol–water partition coefficient (Wildman–Crippen LogP) is -0.0458. The predicted molar refractivity (Wildman–Crippen MR) is 70.9 cm³/mol. The van der Waals surface area contributed by atoms with Gasteiger partial charge in [-0.15, -0.1) is 0 Å². The summed E-state index contributed by atoms with van der Waals surface area (Å²) in [6.45, 7) is 7.07. The van der Waals surface area contributed by atoms with Gasteiger partial charge in [-0.1, -0.05) is 6.92 Å². The number of nitrogens with one attached hydrogen (secondary N) is 1. The summed E-state index contributed by atoms with van der Waals surface area (Å²) in [5, 5.41) is 2.61. The number of nitrogens with zero attached hydrogens (tertiary/aromatic N) is 2. The molecule has 2 fully saturated rings. The number of carbonyl (C=O) groups is 3. The number of hydrogen-bond acceptors (Lipinski definition) is 4. The van der Waals surface area contributed by atoms with Crippen molar-refractivity contribution in [1.29, 1.82) is 0 Å². The van der Waals surface area contributed by atoms with Crippen molar-refractivity contribution in [3.8, 4) is 0 Å². The van der Waals surface area contributed by atoms with Crippen LogP contribution in [0.25, 0.3) is 0 Å². The van der Waals surface area contributed by atoms with Crippen molar-refractivity contribution in [3.63, 3.8) is 0 Å². The van der Waals surface area contributed by atoms with Gasteiger partial charge in [0.2, 0.25) is 5.91 Å². The summed E-state index contributed by atoms with van der Waals surface area (Å²) in [7, 11) is 0. The lowest BCUT2D eigenvalue weighted by Gasteiger charge is -2.32. The molecule has 2 heterocycles. The highest BCUT2D eigenvalue weighted by molar-refractivity contribution is 6.09. The molecule has 0 spiro atoms. The van der Waals surface area contributed by atoms with E-state index in [1.165, 1.54) is 0 Å². The molecule has 2 rings (SSSR count). The summed E-state index contributed by atoms with van der Waals surface area (Å²) >= 11 is 0. The van der Waals surface area contributed by atoms with Gasteiger partial charge in [-0.3, -0.25) is 9.59 Å². The number of amides is 4. The smallest absolute Gasteiger partial charge is 0.325 e. The first-order valence-corrected chi connectivity index (χ1v) is 6.91. The summed E-state index contributed by atoms with van der Waals surface area (Å²) in [6.07, 6.45) is 0.408. The fourth-order valence-corrected chi connectivity index (χ4v) is 2.52. The minimum Gasteiger partial charge on any atom is -0.378 e. The Morgan fingerprint density at radius 2 is 1.95 bits per heavy atom.